The molecule has 0 aromatic carbocycles. The summed E-state index contributed by atoms with van der Waals surface area (Å²) in [5, 5.41) is 0. The van der Waals surface area contributed by atoms with Crippen molar-refractivity contribution in [2.24, 2.45) is 0 Å². The summed E-state index contributed by atoms with van der Waals surface area (Å²) in [7, 11) is 0. The molecular formula is C71H128O6. The third-order valence-corrected chi connectivity index (χ3v) is 15.0. The van der Waals surface area contributed by atoms with Crippen molar-refractivity contribution in [2.75, 3.05) is 13.2 Å². The van der Waals surface area contributed by atoms with Gasteiger partial charge in [0, 0.05) is 19.3 Å². The third kappa shape index (κ3) is 63.8. The minimum atomic E-state index is -0.790. The number of esters is 3. The summed E-state index contributed by atoms with van der Waals surface area (Å²) in [6.45, 7) is 6.55. The zero-order chi connectivity index (χ0) is 55.7. The molecule has 1 unspecified atom stereocenters. The van der Waals surface area contributed by atoms with Crippen LogP contribution < -0.4 is 0 Å². The van der Waals surface area contributed by atoms with Gasteiger partial charge in [0.2, 0.25) is 0 Å². The van der Waals surface area contributed by atoms with Gasteiger partial charge in [-0.25, -0.2) is 0 Å². The summed E-state index contributed by atoms with van der Waals surface area (Å²) < 4.78 is 16.9. The van der Waals surface area contributed by atoms with Gasteiger partial charge in [-0.2, -0.15) is 0 Å². The van der Waals surface area contributed by atoms with Gasteiger partial charge in [-0.3, -0.25) is 14.4 Å². The average molecular weight is 1080 g/mol. The number of ether oxygens (including phenoxy) is 3. The Hall–Kier alpha value is -2.89. The number of allylic oxidation sites excluding steroid dienone is 10. The molecule has 0 heterocycles. The van der Waals surface area contributed by atoms with Gasteiger partial charge >= 0.3 is 17.9 Å². The molecule has 448 valence electrons. The second-order valence-corrected chi connectivity index (χ2v) is 22.7. The quantitative estimate of drug-likeness (QED) is 0.0261. The van der Waals surface area contributed by atoms with Crippen molar-refractivity contribution in [3.63, 3.8) is 0 Å². The highest BCUT2D eigenvalue weighted by Gasteiger charge is 2.19. The normalized spacial score (nSPS) is 12.4. The van der Waals surface area contributed by atoms with E-state index in [1.807, 2.05) is 0 Å². The van der Waals surface area contributed by atoms with E-state index in [4.69, 9.17) is 14.2 Å². The minimum absolute atomic E-state index is 0.0832. The highest BCUT2D eigenvalue weighted by Crippen LogP contribution is 2.18. The summed E-state index contributed by atoms with van der Waals surface area (Å²) in [6, 6.07) is 0. The molecule has 0 saturated heterocycles. The van der Waals surface area contributed by atoms with E-state index < -0.39 is 6.10 Å². The summed E-state index contributed by atoms with van der Waals surface area (Å²) in [4.78, 5) is 38.3. The molecular weight excluding hydrogens is 949 g/mol. The zero-order valence-corrected chi connectivity index (χ0v) is 51.5. The van der Waals surface area contributed by atoms with Crippen LogP contribution in [0.1, 0.15) is 355 Å². The van der Waals surface area contributed by atoms with Crippen molar-refractivity contribution in [1.82, 2.24) is 0 Å². The first-order chi connectivity index (χ1) is 38.0. The Morgan fingerprint density at radius 2 is 0.506 bits per heavy atom. The van der Waals surface area contributed by atoms with Gasteiger partial charge in [0.05, 0.1) is 0 Å². The van der Waals surface area contributed by atoms with E-state index in [1.54, 1.807) is 0 Å². The van der Waals surface area contributed by atoms with E-state index in [0.717, 1.165) is 96.3 Å². The molecule has 0 spiro atoms. The molecule has 1 atom stereocenters. The Balaban J connectivity index is 4.26. The molecule has 0 bridgehead atoms. The topological polar surface area (TPSA) is 78.9 Å². The van der Waals surface area contributed by atoms with E-state index in [2.05, 4.69) is 81.5 Å². The lowest BCUT2D eigenvalue weighted by Gasteiger charge is -2.18. The SMILES string of the molecule is CC/C=C\C/C=C\C/C=C\C/C=C\C/C=C\CCCCCC(=O)OC(COC(=O)CCCCCCCCCCCCCCC)COC(=O)CCCCCCCCCCCCCCCCCCCCCCCCCCCCC. The van der Waals surface area contributed by atoms with Crippen LogP contribution in [0.25, 0.3) is 0 Å². The molecule has 0 aliphatic carbocycles. The Kier molecular flexibility index (Phi) is 63.2. The number of carbonyl (C=O) groups excluding carboxylic acids is 3. The second-order valence-electron chi connectivity index (χ2n) is 22.7. The lowest BCUT2D eigenvalue weighted by Crippen LogP contribution is -2.30. The largest absolute Gasteiger partial charge is 0.462 e. The maximum Gasteiger partial charge on any atom is 0.306 e. The number of carbonyl (C=O) groups is 3. The fourth-order valence-corrected chi connectivity index (χ4v) is 10.0. The molecule has 0 rings (SSSR count). The van der Waals surface area contributed by atoms with Gasteiger partial charge < -0.3 is 14.2 Å². The highest BCUT2D eigenvalue weighted by molar-refractivity contribution is 5.71. The number of hydrogen-bond acceptors (Lipinski definition) is 6. The molecule has 0 fully saturated rings. The summed E-state index contributed by atoms with van der Waals surface area (Å²) in [6.07, 6.45) is 83.9. The Morgan fingerprint density at radius 1 is 0.273 bits per heavy atom. The van der Waals surface area contributed by atoms with Crippen molar-refractivity contribution in [3.8, 4) is 0 Å². The van der Waals surface area contributed by atoms with Crippen LogP contribution in [0, 0.1) is 0 Å². The van der Waals surface area contributed by atoms with Crippen LogP contribution in [-0.4, -0.2) is 37.2 Å². The molecule has 0 N–H and O–H groups in total. The van der Waals surface area contributed by atoms with E-state index >= 15 is 0 Å². The molecule has 0 aliphatic heterocycles. The lowest BCUT2D eigenvalue weighted by atomic mass is 10.0. The monoisotopic (exact) mass is 1080 g/mol. The van der Waals surface area contributed by atoms with Crippen molar-refractivity contribution in [2.45, 2.75) is 361 Å². The maximum atomic E-state index is 12.9. The summed E-state index contributed by atoms with van der Waals surface area (Å²) >= 11 is 0. The van der Waals surface area contributed by atoms with E-state index in [1.165, 1.54) is 218 Å². The smallest absolute Gasteiger partial charge is 0.306 e. The minimum Gasteiger partial charge on any atom is -0.462 e. The van der Waals surface area contributed by atoms with Gasteiger partial charge in [-0.1, -0.05) is 332 Å². The van der Waals surface area contributed by atoms with Crippen molar-refractivity contribution >= 4 is 17.9 Å². The van der Waals surface area contributed by atoms with Crippen LogP contribution in [0.4, 0.5) is 0 Å². The molecule has 0 aliphatic rings. The fourth-order valence-electron chi connectivity index (χ4n) is 10.0. The molecule has 0 radical (unpaired) electrons. The second kappa shape index (κ2) is 65.6. The van der Waals surface area contributed by atoms with Gasteiger partial charge in [0.25, 0.3) is 0 Å². The predicted octanol–water partition coefficient (Wildman–Crippen LogP) is 23.1. The molecule has 6 heteroatoms. The van der Waals surface area contributed by atoms with Gasteiger partial charge in [-0.15, -0.1) is 0 Å². The van der Waals surface area contributed by atoms with Crippen molar-refractivity contribution in [3.05, 3.63) is 60.8 Å². The van der Waals surface area contributed by atoms with Crippen LogP contribution >= 0.6 is 0 Å². The van der Waals surface area contributed by atoms with Crippen LogP contribution in [-0.2, 0) is 28.6 Å². The van der Waals surface area contributed by atoms with Gasteiger partial charge in [-0.05, 0) is 64.2 Å². The van der Waals surface area contributed by atoms with E-state index in [0.29, 0.717) is 19.3 Å². The van der Waals surface area contributed by atoms with Crippen molar-refractivity contribution in [1.29, 1.82) is 0 Å². The average Bonchev–Trinajstić information content (AvgIpc) is 3.43. The number of rotatable bonds is 62. The zero-order valence-electron chi connectivity index (χ0n) is 51.5. The van der Waals surface area contributed by atoms with Gasteiger partial charge in [0.15, 0.2) is 6.10 Å². The third-order valence-electron chi connectivity index (χ3n) is 15.0. The Morgan fingerprint density at radius 3 is 0.792 bits per heavy atom. The van der Waals surface area contributed by atoms with Crippen LogP contribution in [0.2, 0.25) is 0 Å². The van der Waals surface area contributed by atoms with Crippen LogP contribution in [0.5, 0.6) is 0 Å². The van der Waals surface area contributed by atoms with E-state index in [9.17, 15) is 14.4 Å². The Labute approximate surface area is 479 Å². The standard InChI is InChI=1S/C71H128O6/c1-4-7-10-13-16-19-22-25-27-29-31-32-33-34-35-36-37-38-40-41-43-46-49-52-55-58-61-64-70(73)76-67-68(66-75-69(72)63-60-57-54-51-48-45-24-21-18-15-12-9-6-3)77-71(74)65-62-59-56-53-50-47-44-42-39-30-28-26-23-20-17-14-11-8-5-2/h8,11,17,20,26,28,39,42,47,50,68H,4-7,9-10,12-16,18-19,21-25,27,29-38,40-41,43-46,48-49,51-67H2,1-3H3/b11-8-,20-17-,28-26-,42-39-,50-47-. The first-order valence-corrected chi connectivity index (χ1v) is 33.8. The molecule has 0 aromatic rings. The first-order valence-electron chi connectivity index (χ1n) is 33.8. The summed E-state index contributed by atoms with van der Waals surface area (Å²) in [5.74, 6) is -0.894. The molecule has 6 nitrogen and oxygen atoms in total. The molecule has 77 heavy (non-hydrogen) atoms. The van der Waals surface area contributed by atoms with Crippen LogP contribution in [0.3, 0.4) is 0 Å². The molecule has 0 aromatic heterocycles. The number of hydrogen-bond donors (Lipinski definition) is 0. The van der Waals surface area contributed by atoms with Gasteiger partial charge in [0.1, 0.15) is 13.2 Å². The highest BCUT2D eigenvalue weighted by atomic mass is 16.6. The van der Waals surface area contributed by atoms with Crippen molar-refractivity contribution < 1.29 is 28.6 Å². The Bertz CT molecular complexity index is 1380. The first kappa shape index (κ1) is 74.1. The lowest BCUT2D eigenvalue weighted by molar-refractivity contribution is -0.167. The molecule has 0 amide bonds. The summed E-state index contributed by atoms with van der Waals surface area (Å²) in [5.41, 5.74) is 0. The fraction of sp³-hybridized carbons (Fsp3) is 0.817. The predicted molar refractivity (Wildman–Crippen MR) is 335 cm³/mol. The van der Waals surface area contributed by atoms with Crippen LogP contribution in [0.15, 0.2) is 60.8 Å². The number of unbranched alkanes of at least 4 members (excludes halogenated alkanes) is 41. The maximum absolute atomic E-state index is 12.9. The molecule has 0 saturated carbocycles. The van der Waals surface area contributed by atoms with E-state index in [-0.39, 0.29) is 31.1 Å².